The van der Waals surface area contributed by atoms with Crippen LogP contribution in [0.25, 0.3) is 0 Å². The van der Waals surface area contributed by atoms with E-state index in [2.05, 4.69) is 5.32 Å². The first kappa shape index (κ1) is 24.6. The number of ether oxygens (including phenoxy) is 2. The Bertz CT molecular complexity index is 1130. The standard InChI is InChI=1S/C23H24ClN3O5S/c1-13-9-14(2)11-17(10-13)26-15(3)20(22(28)32-8-7-31-4)21(25-23(26)33)16-5-6-18(24)19(12-16)27(29)30/h5-6,9-12,21H,7-8H2,1-4H3,(H,25,33). The highest BCUT2D eigenvalue weighted by atomic mass is 35.5. The second-order valence-electron chi connectivity index (χ2n) is 7.66. The molecule has 2 aromatic rings. The number of hydrogen-bond donors (Lipinski definition) is 1. The van der Waals surface area contributed by atoms with Crippen LogP contribution in [0.1, 0.15) is 29.7 Å². The lowest BCUT2D eigenvalue weighted by molar-refractivity contribution is -0.384. The third kappa shape index (κ3) is 5.32. The summed E-state index contributed by atoms with van der Waals surface area (Å²) in [4.78, 5) is 25.8. The summed E-state index contributed by atoms with van der Waals surface area (Å²) in [5.41, 5.74) is 3.94. The van der Waals surface area contributed by atoms with Crippen LogP contribution in [0.3, 0.4) is 0 Å². The van der Waals surface area contributed by atoms with Crippen LogP contribution < -0.4 is 10.2 Å². The van der Waals surface area contributed by atoms with Crippen LogP contribution in [0.4, 0.5) is 11.4 Å². The summed E-state index contributed by atoms with van der Waals surface area (Å²) < 4.78 is 10.4. The molecule has 33 heavy (non-hydrogen) atoms. The van der Waals surface area contributed by atoms with Crippen LogP contribution in [0.15, 0.2) is 47.7 Å². The number of nitro benzene ring substituents is 1. The zero-order valence-corrected chi connectivity index (χ0v) is 20.2. The summed E-state index contributed by atoms with van der Waals surface area (Å²) >= 11 is 11.6. The number of carbonyl (C=O) groups excluding carboxylic acids is 1. The van der Waals surface area contributed by atoms with Gasteiger partial charge in [-0.1, -0.05) is 23.7 Å². The number of halogens is 1. The number of thiocarbonyl (C=S) groups is 1. The fourth-order valence-electron chi connectivity index (χ4n) is 3.79. The fourth-order valence-corrected chi connectivity index (χ4v) is 4.34. The quantitative estimate of drug-likeness (QED) is 0.195. The number of carbonyl (C=O) groups is 1. The van der Waals surface area contributed by atoms with Crippen molar-refractivity contribution in [2.45, 2.75) is 26.8 Å². The highest BCUT2D eigenvalue weighted by molar-refractivity contribution is 7.80. The number of esters is 1. The van der Waals surface area contributed by atoms with Crippen LogP contribution in [0, 0.1) is 24.0 Å². The van der Waals surface area contributed by atoms with Crippen LogP contribution >= 0.6 is 23.8 Å². The molecule has 0 amide bonds. The number of rotatable bonds is 7. The molecule has 3 rings (SSSR count). The lowest BCUT2D eigenvalue weighted by Gasteiger charge is -2.37. The molecule has 1 atom stereocenters. The van der Waals surface area contributed by atoms with Crippen molar-refractivity contribution in [1.29, 1.82) is 0 Å². The Labute approximate surface area is 202 Å². The van der Waals surface area contributed by atoms with Gasteiger partial charge in [0.15, 0.2) is 5.11 Å². The Morgan fingerprint density at radius 3 is 2.45 bits per heavy atom. The normalized spacial score (nSPS) is 16.0. The topological polar surface area (TPSA) is 93.9 Å². The predicted octanol–water partition coefficient (Wildman–Crippen LogP) is 4.76. The van der Waals surface area contributed by atoms with Gasteiger partial charge in [-0.3, -0.25) is 15.0 Å². The van der Waals surface area contributed by atoms with Gasteiger partial charge in [0.25, 0.3) is 5.69 Å². The zero-order valence-electron chi connectivity index (χ0n) is 18.7. The van der Waals surface area contributed by atoms with E-state index >= 15 is 0 Å². The highest BCUT2D eigenvalue weighted by Gasteiger charge is 2.36. The Kier molecular flexibility index (Phi) is 7.68. The van der Waals surface area contributed by atoms with E-state index in [-0.39, 0.29) is 29.5 Å². The lowest BCUT2D eigenvalue weighted by Crippen LogP contribution is -2.48. The average Bonchev–Trinajstić information content (AvgIpc) is 2.73. The molecule has 1 N–H and O–H groups in total. The minimum atomic E-state index is -0.759. The van der Waals surface area contributed by atoms with Crippen molar-refractivity contribution in [3.63, 3.8) is 0 Å². The minimum Gasteiger partial charge on any atom is -0.460 e. The Hall–Kier alpha value is -3.01. The Balaban J connectivity index is 2.15. The minimum absolute atomic E-state index is 0.00363. The first-order chi connectivity index (χ1) is 15.6. The fraction of sp³-hybridized carbons (Fsp3) is 0.304. The highest BCUT2D eigenvalue weighted by Crippen LogP contribution is 2.37. The van der Waals surface area contributed by atoms with Gasteiger partial charge < -0.3 is 14.8 Å². The number of anilines is 1. The molecular formula is C23H24ClN3O5S. The van der Waals surface area contributed by atoms with E-state index < -0.39 is 16.9 Å². The molecule has 0 aromatic heterocycles. The van der Waals surface area contributed by atoms with Gasteiger partial charge in [-0.2, -0.15) is 0 Å². The largest absolute Gasteiger partial charge is 0.460 e. The number of nitrogens with one attached hydrogen (secondary N) is 1. The third-order valence-corrected chi connectivity index (χ3v) is 5.81. The summed E-state index contributed by atoms with van der Waals surface area (Å²) in [7, 11) is 1.51. The van der Waals surface area contributed by atoms with E-state index in [1.165, 1.54) is 19.2 Å². The summed E-state index contributed by atoms with van der Waals surface area (Å²) in [6.45, 7) is 6.03. The molecule has 0 bridgehead atoms. The first-order valence-electron chi connectivity index (χ1n) is 10.1. The third-order valence-electron chi connectivity index (χ3n) is 5.19. The zero-order chi connectivity index (χ0) is 24.3. The van der Waals surface area contributed by atoms with Gasteiger partial charge in [-0.25, -0.2) is 4.79 Å². The van der Waals surface area contributed by atoms with E-state index in [1.807, 2.05) is 32.0 Å². The molecule has 2 aromatic carbocycles. The number of allylic oxidation sites excluding steroid dienone is 1. The first-order valence-corrected chi connectivity index (χ1v) is 10.9. The van der Waals surface area contributed by atoms with E-state index in [1.54, 1.807) is 17.9 Å². The number of nitro groups is 1. The van der Waals surface area contributed by atoms with Gasteiger partial charge >= 0.3 is 5.97 Å². The summed E-state index contributed by atoms with van der Waals surface area (Å²) in [5, 5.41) is 14.9. The van der Waals surface area contributed by atoms with Crippen molar-refractivity contribution in [2.24, 2.45) is 0 Å². The number of hydrogen-bond acceptors (Lipinski definition) is 6. The molecule has 0 fully saturated rings. The number of aryl methyl sites for hydroxylation is 2. The number of benzene rings is 2. The van der Waals surface area contributed by atoms with Crippen molar-refractivity contribution in [3.05, 3.63) is 79.5 Å². The van der Waals surface area contributed by atoms with Gasteiger partial charge in [0, 0.05) is 24.6 Å². The molecule has 1 aliphatic heterocycles. The van der Waals surface area contributed by atoms with E-state index in [4.69, 9.17) is 33.3 Å². The maximum Gasteiger partial charge on any atom is 0.338 e. The van der Waals surface area contributed by atoms with Crippen molar-refractivity contribution >= 4 is 46.3 Å². The summed E-state index contributed by atoms with van der Waals surface area (Å²) in [5.74, 6) is -0.573. The Morgan fingerprint density at radius 2 is 1.85 bits per heavy atom. The average molecular weight is 490 g/mol. The molecule has 1 unspecified atom stereocenters. The molecule has 0 saturated heterocycles. The smallest absolute Gasteiger partial charge is 0.338 e. The second-order valence-corrected chi connectivity index (χ2v) is 8.45. The molecule has 1 heterocycles. The van der Waals surface area contributed by atoms with Crippen molar-refractivity contribution in [1.82, 2.24) is 5.32 Å². The molecule has 0 radical (unpaired) electrons. The number of methoxy groups -OCH3 is 1. The molecule has 0 spiro atoms. The van der Waals surface area contributed by atoms with E-state index in [9.17, 15) is 14.9 Å². The maximum atomic E-state index is 13.2. The summed E-state index contributed by atoms with van der Waals surface area (Å²) in [6, 6.07) is 9.60. The number of nitrogens with zero attached hydrogens (tertiary/aromatic N) is 2. The molecule has 1 aliphatic rings. The van der Waals surface area contributed by atoms with Crippen molar-refractivity contribution in [2.75, 3.05) is 25.2 Å². The van der Waals surface area contributed by atoms with Crippen molar-refractivity contribution in [3.8, 4) is 0 Å². The van der Waals surface area contributed by atoms with Crippen LogP contribution in [-0.2, 0) is 14.3 Å². The lowest BCUT2D eigenvalue weighted by atomic mass is 9.94. The van der Waals surface area contributed by atoms with Crippen LogP contribution in [0.2, 0.25) is 5.02 Å². The molecular weight excluding hydrogens is 466 g/mol. The molecule has 0 aliphatic carbocycles. The Morgan fingerprint density at radius 1 is 1.18 bits per heavy atom. The molecule has 8 nitrogen and oxygen atoms in total. The SMILES string of the molecule is COCCOC(=O)C1=C(C)N(c2cc(C)cc(C)c2)C(=S)NC1c1ccc(Cl)c([N+](=O)[O-])c1. The van der Waals surface area contributed by atoms with E-state index in [0.717, 1.165) is 16.8 Å². The monoisotopic (exact) mass is 489 g/mol. The van der Waals surface area contributed by atoms with Gasteiger partial charge in [0.2, 0.25) is 0 Å². The second kappa shape index (κ2) is 10.3. The molecule has 10 heteroatoms. The van der Waals surface area contributed by atoms with Crippen molar-refractivity contribution < 1.29 is 19.2 Å². The van der Waals surface area contributed by atoms with Gasteiger partial charge in [0.05, 0.1) is 23.1 Å². The summed E-state index contributed by atoms with van der Waals surface area (Å²) in [6.07, 6.45) is 0. The van der Waals surface area contributed by atoms with Gasteiger partial charge in [-0.15, -0.1) is 0 Å². The molecule has 0 saturated carbocycles. The van der Waals surface area contributed by atoms with Crippen LogP contribution in [-0.4, -0.2) is 36.3 Å². The maximum absolute atomic E-state index is 13.2. The predicted molar refractivity (Wildman–Crippen MR) is 131 cm³/mol. The molecule has 174 valence electrons. The van der Waals surface area contributed by atoms with Crippen LogP contribution in [0.5, 0.6) is 0 Å². The van der Waals surface area contributed by atoms with E-state index in [0.29, 0.717) is 16.4 Å². The van der Waals surface area contributed by atoms with Gasteiger partial charge in [-0.05, 0) is 67.9 Å². The van der Waals surface area contributed by atoms with Gasteiger partial charge in [0.1, 0.15) is 11.6 Å².